The first kappa shape index (κ1) is 20.4. The molecule has 8 nitrogen and oxygen atoms in total. The van der Waals surface area contributed by atoms with Crippen LogP contribution in [0.25, 0.3) is 4.91 Å². The summed E-state index contributed by atoms with van der Waals surface area (Å²) in [7, 11) is -1.22. The molecule has 1 heterocycles. The zero-order valence-electron chi connectivity index (χ0n) is 16.1. The van der Waals surface area contributed by atoms with Crippen molar-refractivity contribution in [1.82, 2.24) is 4.31 Å². The second-order valence-electron chi connectivity index (χ2n) is 6.25. The van der Waals surface area contributed by atoms with Crippen LogP contribution in [0.1, 0.15) is 12.5 Å². The molecule has 0 spiro atoms. The molecule has 2 aromatic carbocycles. The van der Waals surface area contributed by atoms with Crippen molar-refractivity contribution in [1.29, 1.82) is 0 Å². The van der Waals surface area contributed by atoms with Gasteiger partial charge in [-0.1, -0.05) is 30.3 Å². The van der Waals surface area contributed by atoms with Gasteiger partial charge in [-0.25, -0.2) is 12.7 Å². The number of amides is 2. The SMILES string of the molecule is COc1ccc(NC(=O)CN2C(=O)C(C)=C(c3ccccc3)S2(=O)=O)c(OC)c1. The summed E-state index contributed by atoms with van der Waals surface area (Å²) in [6.45, 7) is 0.788. The Labute approximate surface area is 168 Å². The molecule has 0 aromatic heterocycles. The van der Waals surface area contributed by atoms with Gasteiger partial charge in [-0.3, -0.25) is 9.59 Å². The summed E-state index contributed by atoms with van der Waals surface area (Å²) >= 11 is 0. The molecule has 1 aliphatic rings. The van der Waals surface area contributed by atoms with Crippen LogP contribution in [-0.4, -0.2) is 45.3 Å². The van der Waals surface area contributed by atoms with Crippen molar-refractivity contribution >= 4 is 32.4 Å². The van der Waals surface area contributed by atoms with Crippen LogP contribution >= 0.6 is 0 Å². The molecule has 0 atom stereocenters. The molecule has 0 bridgehead atoms. The maximum absolute atomic E-state index is 12.9. The van der Waals surface area contributed by atoms with Crippen LogP contribution in [0.4, 0.5) is 5.69 Å². The van der Waals surface area contributed by atoms with E-state index in [0.717, 1.165) is 0 Å². The maximum Gasteiger partial charge on any atom is 0.268 e. The number of rotatable bonds is 6. The Morgan fingerprint density at radius 1 is 1.07 bits per heavy atom. The number of nitrogens with zero attached hydrogens (tertiary/aromatic N) is 1. The third kappa shape index (κ3) is 3.81. The van der Waals surface area contributed by atoms with Gasteiger partial charge in [-0.15, -0.1) is 0 Å². The number of hydrogen-bond donors (Lipinski definition) is 1. The summed E-state index contributed by atoms with van der Waals surface area (Å²) in [6.07, 6.45) is 0. The standard InChI is InChI=1S/C20H20N2O6S/c1-13-19(14-7-5-4-6-8-14)29(25,26)22(20(13)24)12-18(23)21-16-10-9-15(27-2)11-17(16)28-3/h4-11H,12H2,1-3H3,(H,21,23). The lowest BCUT2D eigenvalue weighted by molar-refractivity contribution is -0.126. The molecule has 152 valence electrons. The van der Waals surface area contributed by atoms with Crippen molar-refractivity contribution in [3.63, 3.8) is 0 Å². The number of methoxy groups -OCH3 is 2. The third-order valence-electron chi connectivity index (χ3n) is 4.44. The van der Waals surface area contributed by atoms with Crippen LogP contribution in [0.3, 0.4) is 0 Å². The number of sulfonamides is 1. The van der Waals surface area contributed by atoms with E-state index in [1.54, 1.807) is 48.5 Å². The van der Waals surface area contributed by atoms with Gasteiger partial charge < -0.3 is 14.8 Å². The van der Waals surface area contributed by atoms with Crippen LogP contribution < -0.4 is 14.8 Å². The summed E-state index contributed by atoms with van der Waals surface area (Å²) in [5.74, 6) is -0.523. The predicted octanol–water partition coefficient (Wildman–Crippen LogP) is 2.25. The minimum atomic E-state index is -4.14. The van der Waals surface area contributed by atoms with E-state index in [4.69, 9.17) is 9.47 Å². The van der Waals surface area contributed by atoms with Gasteiger partial charge in [0.25, 0.3) is 15.9 Å². The summed E-state index contributed by atoms with van der Waals surface area (Å²) < 4.78 is 36.8. The van der Waals surface area contributed by atoms with Crippen LogP contribution in [0, 0.1) is 0 Å². The van der Waals surface area contributed by atoms with Crippen molar-refractivity contribution in [3.8, 4) is 11.5 Å². The summed E-state index contributed by atoms with van der Waals surface area (Å²) in [5, 5.41) is 2.57. The first-order valence-electron chi connectivity index (χ1n) is 8.65. The minimum absolute atomic E-state index is 0.0750. The number of nitrogens with one attached hydrogen (secondary N) is 1. The molecule has 0 fully saturated rings. The highest BCUT2D eigenvalue weighted by atomic mass is 32.2. The van der Waals surface area contributed by atoms with E-state index in [1.165, 1.54) is 21.1 Å². The first-order chi connectivity index (χ1) is 13.8. The lowest BCUT2D eigenvalue weighted by atomic mass is 10.1. The average Bonchev–Trinajstić information content (AvgIpc) is 2.88. The molecule has 2 amide bonds. The fourth-order valence-corrected chi connectivity index (χ4v) is 4.80. The highest BCUT2D eigenvalue weighted by Crippen LogP contribution is 2.35. The quantitative estimate of drug-likeness (QED) is 0.775. The number of ether oxygens (including phenoxy) is 2. The van der Waals surface area contributed by atoms with Crippen molar-refractivity contribution in [2.24, 2.45) is 0 Å². The van der Waals surface area contributed by atoms with E-state index >= 15 is 0 Å². The van der Waals surface area contributed by atoms with Crippen molar-refractivity contribution in [2.45, 2.75) is 6.92 Å². The molecule has 0 saturated heterocycles. The third-order valence-corrected chi connectivity index (χ3v) is 6.37. The Morgan fingerprint density at radius 3 is 2.38 bits per heavy atom. The van der Waals surface area contributed by atoms with Gasteiger partial charge in [-0.2, -0.15) is 0 Å². The highest BCUT2D eigenvalue weighted by Gasteiger charge is 2.43. The number of benzene rings is 2. The molecule has 0 unspecified atom stereocenters. The van der Waals surface area contributed by atoms with Crippen LogP contribution in [0.2, 0.25) is 0 Å². The summed E-state index contributed by atoms with van der Waals surface area (Å²) in [4.78, 5) is 25.0. The average molecular weight is 416 g/mol. The maximum atomic E-state index is 12.9. The van der Waals surface area contributed by atoms with Gasteiger partial charge in [0.05, 0.1) is 19.9 Å². The smallest absolute Gasteiger partial charge is 0.268 e. The molecule has 0 aliphatic carbocycles. The molecular weight excluding hydrogens is 396 g/mol. The minimum Gasteiger partial charge on any atom is -0.497 e. The van der Waals surface area contributed by atoms with E-state index in [0.29, 0.717) is 27.1 Å². The molecule has 0 saturated carbocycles. The number of anilines is 1. The Hall–Kier alpha value is -3.33. The van der Waals surface area contributed by atoms with Crippen molar-refractivity contribution < 1.29 is 27.5 Å². The van der Waals surface area contributed by atoms with E-state index in [-0.39, 0.29) is 10.5 Å². The van der Waals surface area contributed by atoms with Crippen LogP contribution in [-0.2, 0) is 19.6 Å². The monoisotopic (exact) mass is 416 g/mol. The molecule has 1 aliphatic heterocycles. The second-order valence-corrected chi connectivity index (χ2v) is 8.05. The van der Waals surface area contributed by atoms with Gasteiger partial charge in [0.15, 0.2) is 0 Å². The normalized spacial score (nSPS) is 15.4. The van der Waals surface area contributed by atoms with Gasteiger partial charge in [-0.05, 0) is 24.6 Å². The molecular formula is C20H20N2O6S. The molecule has 9 heteroatoms. The van der Waals surface area contributed by atoms with Crippen LogP contribution in [0.15, 0.2) is 54.1 Å². The first-order valence-corrected chi connectivity index (χ1v) is 10.1. The lowest BCUT2D eigenvalue weighted by Gasteiger charge is -2.17. The molecule has 3 rings (SSSR count). The summed E-state index contributed by atoms with van der Waals surface area (Å²) in [6, 6.07) is 13.1. The number of carbonyl (C=O) groups is 2. The Balaban J connectivity index is 1.83. The Morgan fingerprint density at radius 2 is 1.76 bits per heavy atom. The van der Waals surface area contributed by atoms with Gasteiger partial charge in [0.1, 0.15) is 22.9 Å². The molecule has 29 heavy (non-hydrogen) atoms. The van der Waals surface area contributed by atoms with Gasteiger partial charge >= 0.3 is 0 Å². The topological polar surface area (TPSA) is 102 Å². The van der Waals surface area contributed by atoms with E-state index in [1.807, 2.05) is 0 Å². The number of carbonyl (C=O) groups excluding carboxylic acids is 2. The van der Waals surface area contributed by atoms with Crippen molar-refractivity contribution in [3.05, 3.63) is 59.7 Å². The largest absolute Gasteiger partial charge is 0.497 e. The van der Waals surface area contributed by atoms with Gasteiger partial charge in [0, 0.05) is 11.6 Å². The number of hydrogen-bond acceptors (Lipinski definition) is 6. The molecule has 1 N–H and O–H groups in total. The molecule has 2 aromatic rings. The van der Waals surface area contributed by atoms with Crippen molar-refractivity contribution in [2.75, 3.05) is 26.1 Å². The predicted molar refractivity (Wildman–Crippen MR) is 108 cm³/mol. The Kier molecular flexibility index (Phi) is 5.60. The van der Waals surface area contributed by atoms with E-state index < -0.39 is 28.4 Å². The summed E-state index contributed by atoms with van der Waals surface area (Å²) in [5.41, 5.74) is 0.805. The fourth-order valence-electron chi connectivity index (χ4n) is 3.03. The van der Waals surface area contributed by atoms with Gasteiger partial charge in [0.2, 0.25) is 5.91 Å². The van der Waals surface area contributed by atoms with Crippen LogP contribution in [0.5, 0.6) is 11.5 Å². The fraction of sp³-hybridized carbons (Fsp3) is 0.200. The second kappa shape index (κ2) is 7.96. The lowest BCUT2D eigenvalue weighted by Crippen LogP contribution is -2.38. The Bertz CT molecular complexity index is 1090. The molecule has 0 radical (unpaired) electrons. The zero-order chi connectivity index (χ0) is 21.2. The zero-order valence-corrected chi connectivity index (χ0v) is 16.9. The van der Waals surface area contributed by atoms with E-state index in [2.05, 4.69) is 5.32 Å². The van der Waals surface area contributed by atoms with E-state index in [9.17, 15) is 18.0 Å². The highest BCUT2D eigenvalue weighted by molar-refractivity contribution is 7.99.